The van der Waals surface area contributed by atoms with Gasteiger partial charge >= 0.3 is 11.7 Å². The Labute approximate surface area is 163 Å². The highest BCUT2D eigenvalue weighted by molar-refractivity contribution is 6.36. The lowest BCUT2D eigenvalue weighted by Gasteiger charge is -2.20. The van der Waals surface area contributed by atoms with Crippen molar-refractivity contribution in [1.29, 1.82) is 0 Å². The second kappa shape index (κ2) is 8.97. The first kappa shape index (κ1) is 20.9. The highest BCUT2D eigenvalue weighted by atomic mass is 16.6. The molecule has 0 aromatic heterocycles. The zero-order chi connectivity index (χ0) is 20.7. The van der Waals surface area contributed by atoms with E-state index in [1.165, 1.54) is 7.11 Å². The Morgan fingerprint density at radius 2 is 1.64 bits per heavy atom. The Balaban J connectivity index is 2.35. The summed E-state index contributed by atoms with van der Waals surface area (Å²) in [6.07, 6.45) is 0. The second-order valence-electron chi connectivity index (χ2n) is 7.03. The summed E-state index contributed by atoms with van der Waals surface area (Å²) in [7, 11) is 1.53. The molecule has 2 rings (SSSR count). The lowest BCUT2D eigenvalue weighted by atomic mass is 10.0. The minimum Gasteiger partial charge on any atom is -0.497 e. The van der Waals surface area contributed by atoms with Crippen LogP contribution in [0.2, 0.25) is 0 Å². The Bertz CT molecular complexity index is 880. The average Bonchev–Trinajstić information content (AvgIpc) is 2.67. The standard InChI is InChI=1S/C21H23N3O4/c1-21(2,3)28-20(26)18(24-22)17(14-8-6-5-7-9-14)23-19(25)15-10-12-16(27-4)13-11-15/h5-13,17H,1-4H3,(H,23,25). The lowest BCUT2D eigenvalue weighted by Crippen LogP contribution is -2.40. The molecule has 0 radical (unpaired) electrons. The molecule has 0 saturated carbocycles. The summed E-state index contributed by atoms with van der Waals surface area (Å²) in [6.45, 7) is 5.11. The number of carbonyl (C=O) groups excluding carboxylic acids is 2. The molecule has 0 saturated heterocycles. The number of ether oxygens (including phenoxy) is 2. The third kappa shape index (κ3) is 5.53. The number of hydrogen-bond donors (Lipinski definition) is 1. The highest BCUT2D eigenvalue weighted by Gasteiger charge is 2.37. The van der Waals surface area contributed by atoms with Crippen molar-refractivity contribution in [2.24, 2.45) is 0 Å². The van der Waals surface area contributed by atoms with Crippen LogP contribution in [0.1, 0.15) is 42.7 Å². The van der Waals surface area contributed by atoms with E-state index in [2.05, 4.69) is 10.1 Å². The minimum atomic E-state index is -0.990. The van der Waals surface area contributed by atoms with Crippen molar-refractivity contribution < 1.29 is 23.9 Å². The van der Waals surface area contributed by atoms with E-state index < -0.39 is 23.5 Å². The van der Waals surface area contributed by atoms with E-state index in [0.717, 1.165) is 0 Å². The molecular formula is C21H23N3O4. The third-order valence-electron chi connectivity index (χ3n) is 3.75. The molecule has 0 aliphatic heterocycles. The van der Waals surface area contributed by atoms with Gasteiger partial charge < -0.3 is 20.3 Å². The van der Waals surface area contributed by atoms with E-state index in [0.29, 0.717) is 16.9 Å². The molecule has 28 heavy (non-hydrogen) atoms. The van der Waals surface area contributed by atoms with Crippen molar-refractivity contribution in [3.8, 4) is 5.75 Å². The van der Waals surface area contributed by atoms with Gasteiger partial charge in [0.2, 0.25) is 0 Å². The molecule has 0 spiro atoms. The minimum absolute atomic E-state index is 0.317. The van der Waals surface area contributed by atoms with Crippen molar-refractivity contribution in [2.75, 3.05) is 7.11 Å². The Morgan fingerprint density at radius 1 is 1.04 bits per heavy atom. The van der Waals surface area contributed by atoms with Crippen LogP contribution in [0.5, 0.6) is 5.75 Å². The van der Waals surface area contributed by atoms with Crippen LogP contribution < -0.4 is 10.1 Å². The quantitative estimate of drug-likeness (QED) is 0.359. The van der Waals surface area contributed by atoms with Gasteiger partial charge in [-0.2, -0.15) is 4.79 Å². The molecule has 0 heterocycles. The molecule has 1 atom stereocenters. The van der Waals surface area contributed by atoms with Gasteiger partial charge in [0.05, 0.1) is 7.11 Å². The number of carbonyl (C=O) groups is 2. The first-order valence-corrected chi connectivity index (χ1v) is 8.70. The van der Waals surface area contributed by atoms with Gasteiger partial charge in [0.1, 0.15) is 11.4 Å². The smallest absolute Gasteiger partial charge is 0.420 e. The van der Waals surface area contributed by atoms with E-state index >= 15 is 0 Å². The SMILES string of the molecule is COc1ccc(C(=O)NC(C(=[N+]=[N-])C(=O)OC(C)(C)C)c2ccccc2)cc1. The van der Waals surface area contributed by atoms with Gasteiger partial charge in [0.25, 0.3) is 5.91 Å². The van der Waals surface area contributed by atoms with E-state index in [9.17, 15) is 15.1 Å². The average molecular weight is 381 g/mol. The predicted molar refractivity (Wildman–Crippen MR) is 104 cm³/mol. The van der Waals surface area contributed by atoms with Gasteiger partial charge in [-0.15, -0.1) is 0 Å². The summed E-state index contributed by atoms with van der Waals surface area (Å²) in [5.41, 5.74) is 9.33. The van der Waals surface area contributed by atoms with Crippen LogP contribution in [0.4, 0.5) is 0 Å². The fraction of sp³-hybridized carbons (Fsp3) is 0.286. The summed E-state index contributed by atoms with van der Waals surface area (Å²) < 4.78 is 10.4. The van der Waals surface area contributed by atoms with Crippen LogP contribution in [0.15, 0.2) is 54.6 Å². The molecule has 1 unspecified atom stereocenters. The summed E-state index contributed by atoms with van der Waals surface area (Å²) in [6, 6.07) is 14.3. The van der Waals surface area contributed by atoms with Crippen LogP contribution in [0, 0.1) is 0 Å². The zero-order valence-corrected chi connectivity index (χ0v) is 16.3. The predicted octanol–water partition coefficient (Wildman–Crippen LogP) is 3.18. The maximum Gasteiger partial charge on any atom is 0.420 e. The maximum absolute atomic E-state index is 12.7. The summed E-state index contributed by atoms with van der Waals surface area (Å²) in [5.74, 6) is -0.650. The van der Waals surface area contributed by atoms with Gasteiger partial charge in [-0.25, -0.2) is 4.79 Å². The Hall–Kier alpha value is -3.44. The molecule has 2 aromatic rings. The van der Waals surface area contributed by atoms with Crippen LogP contribution in [-0.2, 0) is 9.53 Å². The van der Waals surface area contributed by atoms with Gasteiger partial charge in [0.15, 0.2) is 6.04 Å². The molecular weight excluding hydrogens is 358 g/mol. The van der Waals surface area contributed by atoms with Crippen molar-refractivity contribution >= 4 is 17.6 Å². The monoisotopic (exact) mass is 381 g/mol. The number of benzene rings is 2. The Kier molecular flexibility index (Phi) is 6.69. The van der Waals surface area contributed by atoms with E-state index in [1.54, 1.807) is 75.4 Å². The van der Waals surface area contributed by atoms with Crippen LogP contribution in [-0.4, -0.2) is 35.1 Å². The molecule has 1 amide bonds. The first-order chi connectivity index (χ1) is 13.2. The number of amides is 1. The number of rotatable bonds is 6. The molecule has 2 aromatic carbocycles. The first-order valence-electron chi connectivity index (χ1n) is 8.70. The van der Waals surface area contributed by atoms with E-state index in [1.807, 2.05) is 0 Å². The van der Waals surface area contributed by atoms with Crippen LogP contribution in [0.25, 0.3) is 5.53 Å². The second-order valence-corrected chi connectivity index (χ2v) is 7.03. The van der Waals surface area contributed by atoms with Gasteiger partial charge in [0, 0.05) is 5.56 Å². The molecule has 7 nitrogen and oxygen atoms in total. The zero-order valence-electron chi connectivity index (χ0n) is 16.3. The fourth-order valence-electron chi connectivity index (χ4n) is 2.46. The topological polar surface area (TPSA) is 101 Å². The summed E-state index contributed by atoms with van der Waals surface area (Å²) >= 11 is 0. The molecule has 0 bridgehead atoms. The normalized spacial score (nSPS) is 11.7. The molecule has 0 aliphatic carbocycles. The van der Waals surface area contributed by atoms with Gasteiger partial charge in [-0.3, -0.25) is 4.79 Å². The molecule has 1 N–H and O–H groups in total. The Morgan fingerprint density at radius 3 is 2.14 bits per heavy atom. The van der Waals surface area contributed by atoms with Crippen molar-refractivity contribution in [2.45, 2.75) is 32.4 Å². The number of nitrogens with one attached hydrogen (secondary N) is 1. The number of esters is 1. The van der Waals surface area contributed by atoms with Gasteiger partial charge in [-0.1, -0.05) is 30.3 Å². The van der Waals surface area contributed by atoms with Crippen LogP contribution >= 0.6 is 0 Å². The van der Waals surface area contributed by atoms with Crippen LogP contribution in [0.3, 0.4) is 0 Å². The van der Waals surface area contributed by atoms with Crippen molar-refractivity contribution in [1.82, 2.24) is 5.32 Å². The van der Waals surface area contributed by atoms with Gasteiger partial charge in [-0.05, 0) is 50.6 Å². The van der Waals surface area contributed by atoms with E-state index in [-0.39, 0.29) is 5.71 Å². The van der Waals surface area contributed by atoms with Crippen molar-refractivity contribution in [3.05, 3.63) is 71.3 Å². The van der Waals surface area contributed by atoms with Crippen molar-refractivity contribution in [3.63, 3.8) is 0 Å². The number of methoxy groups -OCH3 is 1. The number of nitrogens with zero attached hydrogens (tertiary/aromatic N) is 2. The number of hydrogen-bond acceptors (Lipinski definition) is 4. The molecule has 146 valence electrons. The largest absolute Gasteiger partial charge is 0.497 e. The summed E-state index contributed by atoms with van der Waals surface area (Å²) in [4.78, 5) is 28.4. The molecule has 0 fully saturated rings. The molecule has 7 heteroatoms. The third-order valence-corrected chi connectivity index (χ3v) is 3.75. The fourth-order valence-corrected chi connectivity index (χ4v) is 2.46. The molecule has 0 aliphatic rings. The highest BCUT2D eigenvalue weighted by Crippen LogP contribution is 2.19. The lowest BCUT2D eigenvalue weighted by molar-refractivity contribution is -0.151. The summed E-state index contributed by atoms with van der Waals surface area (Å²) in [5, 5.41) is 2.73. The maximum atomic E-state index is 12.7. The van der Waals surface area contributed by atoms with E-state index in [4.69, 9.17) is 9.47 Å².